The molecule has 2 rings (SSSR count). The number of likely N-dealkylation sites (N-methyl/N-ethyl adjacent to an activating group) is 1. The van der Waals surface area contributed by atoms with Gasteiger partial charge in [-0.15, -0.1) is 0 Å². The summed E-state index contributed by atoms with van der Waals surface area (Å²) in [7, 11) is 1.83. The van der Waals surface area contributed by atoms with Crippen molar-refractivity contribution in [2.45, 2.75) is 64.1 Å². The van der Waals surface area contributed by atoms with Crippen LogP contribution in [0.1, 0.15) is 46.0 Å². The lowest BCUT2D eigenvalue weighted by molar-refractivity contribution is -0.143. The van der Waals surface area contributed by atoms with Crippen LogP contribution in [-0.4, -0.2) is 41.8 Å². The number of hydrogen-bond acceptors (Lipinski definition) is 3. The van der Waals surface area contributed by atoms with E-state index in [1.807, 2.05) is 31.0 Å². The van der Waals surface area contributed by atoms with Gasteiger partial charge in [-0.2, -0.15) is 0 Å². The number of carbonyl (C=O) groups excluding carboxylic acids is 2. The van der Waals surface area contributed by atoms with E-state index in [0.717, 1.165) is 32.1 Å². The first-order chi connectivity index (χ1) is 10.1. The van der Waals surface area contributed by atoms with Gasteiger partial charge in [0.2, 0.25) is 5.91 Å². The van der Waals surface area contributed by atoms with Gasteiger partial charge < -0.3 is 10.2 Å². The Labute approximate surface area is 127 Å². The van der Waals surface area contributed by atoms with Crippen LogP contribution < -0.4 is 5.32 Å². The fraction of sp³-hybridized carbons (Fsp3) is 0.647. The van der Waals surface area contributed by atoms with E-state index in [2.05, 4.69) is 11.4 Å². The second-order valence-electron chi connectivity index (χ2n) is 5.97. The molecule has 0 saturated carbocycles. The Morgan fingerprint density at radius 2 is 2.10 bits per heavy atom. The third kappa shape index (κ3) is 3.26. The molecule has 0 bridgehead atoms. The fourth-order valence-corrected chi connectivity index (χ4v) is 3.54. The molecule has 0 aromatic heterocycles. The molecule has 116 valence electrons. The lowest BCUT2D eigenvalue weighted by Crippen LogP contribution is -2.57. The number of carbonyl (C=O) groups is 2. The predicted molar refractivity (Wildman–Crippen MR) is 83.9 cm³/mol. The van der Waals surface area contributed by atoms with Gasteiger partial charge in [0.1, 0.15) is 0 Å². The summed E-state index contributed by atoms with van der Waals surface area (Å²) in [5, 5.41) is 3.11. The van der Waals surface area contributed by atoms with E-state index in [9.17, 15) is 9.59 Å². The second kappa shape index (κ2) is 7.03. The highest BCUT2D eigenvalue weighted by atomic mass is 16.2. The number of hydrogen-bond donors (Lipinski definition) is 1. The van der Waals surface area contributed by atoms with Crippen LogP contribution in [0.4, 0.5) is 0 Å². The van der Waals surface area contributed by atoms with Crippen molar-refractivity contribution in [2.75, 3.05) is 7.05 Å². The summed E-state index contributed by atoms with van der Waals surface area (Å²) < 4.78 is 0. The lowest BCUT2D eigenvalue weighted by atomic mass is 9.87. The van der Waals surface area contributed by atoms with Crippen molar-refractivity contribution in [1.29, 1.82) is 0 Å². The number of piperidine rings is 1. The van der Waals surface area contributed by atoms with Crippen molar-refractivity contribution < 1.29 is 9.59 Å². The zero-order valence-electron chi connectivity index (χ0n) is 13.3. The molecule has 4 nitrogen and oxygen atoms in total. The van der Waals surface area contributed by atoms with E-state index < -0.39 is 0 Å². The topological polar surface area (TPSA) is 49.4 Å². The summed E-state index contributed by atoms with van der Waals surface area (Å²) in [6, 6.07) is -0.313. The van der Waals surface area contributed by atoms with Crippen LogP contribution in [0.15, 0.2) is 23.8 Å². The van der Waals surface area contributed by atoms with Gasteiger partial charge in [0.15, 0.2) is 5.78 Å². The third-order valence-electron chi connectivity index (χ3n) is 4.65. The summed E-state index contributed by atoms with van der Waals surface area (Å²) in [6.45, 7) is 3.60. The van der Waals surface area contributed by atoms with Gasteiger partial charge in [-0.25, -0.2) is 0 Å². The summed E-state index contributed by atoms with van der Waals surface area (Å²) in [4.78, 5) is 26.7. The fourth-order valence-electron chi connectivity index (χ4n) is 3.54. The number of amides is 1. The lowest BCUT2D eigenvalue weighted by Gasteiger charge is -2.42. The molecule has 1 N–H and O–H groups in total. The summed E-state index contributed by atoms with van der Waals surface area (Å²) in [5.74, 6) is 0.196. The first-order valence-corrected chi connectivity index (χ1v) is 7.91. The Morgan fingerprint density at radius 1 is 1.33 bits per heavy atom. The van der Waals surface area contributed by atoms with Gasteiger partial charge in [-0.05, 0) is 58.6 Å². The number of nitrogens with zero attached hydrogens (tertiary/aromatic N) is 1. The Kier molecular flexibility index (Phi) is 5.34. The molecule has 1 unspecified atom stereocenters. The number of allylic oxidation sites excluding steroid dienone is 3. The highest BCUT2D eigenvalue weighted by molar-refractivity contribution is 5.90. The maximum atomic E-state index is 12.8. The first kappa shape index (κ1) is 16.0. The Morgan fingerprint density at radius 3 is 2.71 bits per heavy atom. The molecule has 4 heteroatoms. The molecule has 0 aromatic rings. The molecular formula is C17H26N2O2. The van der Waals surface area contributed by atoms with E-state index in [4.69, 9.17) is 0 Å². The third-order valence-corrected chi connectivity index (χ3v) is 4.65. The largest absolute Gasteiger partial charge is 0.325 e. The van der Waals surface area contributed by atoms with Crippen molar-refractivity contribution in [3.05, 3.63) is 23.8 Å². The number of nitrogens with one attached hydrogen (secondary N) is 1. The molecule has 2 saturated heterocycles. The normalized spacial score (nSPS) is 32.3. The van der Waals surface area contributed by atoms with Crippen LogP contribution in [0.25, 0.3) is 0 Å². The summed E-state index contributed by atoms with van der Waals surface area (Å²) in [6.07, 6.45) is 10.6. The Bertz CT molecular complexity index is 467. The van der Waals surface area contributed by atoms with E-state index in [1.54, 1.807) is 6.92 Å². The number of ketones is 1. The molecule has 0 spiro atoms. The van der Waals surface area contributed by atoms with Crippen LogP contribution in [-0.2, 0) is 9.59 Å². The Balaban J connectivity index is 2.37. The van der Waals surface area contributed by atoms with E-state index in [-0.39, 0.29) is 29.8 Å². The number of Topliss-reactive ketones (excluding diaryl/α,β-unsaturated/α-hetero) is 1. The van der Waals surface area contributed by atoms with E-state index in [1.165, 1.54) is 5.57 Å². The van der Waals surface area contributed by atoms with Crippen LogP contribution in [0.3, 0.4) is 0 Å². The molecule has 2 aliphatic heterocycles. The molecule has 0 aromatic carbocycles. The van der Waals surface area contributed by atoms with Gasteiger partial charge in [-0.1, -0.05) is 18.2 Å². The zero-order chi connectivity index (χ0) is 15.4. The van der Waals surface area contributed by atoms with Crippen LogP contribution >= 0.6 is 0 Å². The summed E-state index contributed by atoms with van der Waals surface area (Å²) in [5.41, 5.74) is 1.29. The maximum Gasteiger partial charge on any atom is 0.240 e. The molecule has 2 aliphatic rings. The Hall–Kier alpha value is -1.42. The average Bonchev–Trinajstić information content (AvgIpc) is 2.64. The van der Waals surface area contributed by atoms with Gasteiger partial charge in [-0.3, -0.25) is 9.59 Å². The SMILES string of the molecule is C/C=C\C=C1/CC[C@@H](C(C)=O)N2C(=O)[C@@H](NC)CCCC12. The molecule has 0 radical (unpaired) electrons. The van der Waals surface area contributed by atoms with Crippen LogP contribution in [0.2, 0.25) is 0 Å². The smallest absolute Gasteiger partial charge is 0.240 e. The quantitative estimate of drug-likeness (QED) is 0.867. The maximum absolute atomic E-state index is 12.8. The minimum Gasteiger partial charge on any atom is -0.325 e. The molecule has 3 atom stereocenters. The highest BCUT2D eigenvalue weighted by Gasteiger charge is 2.42. The van der Waals surface area contributed by atoms with Crippen molar-refractivity contribution in [3.63, 3.8) is 0 Å². The van der Waals surface area contributed by atoms with Crippen molar-refractivity contribution in [1.82, 2.24) is 10.2 Å². The van der Waals surface area contributed by atoms with Gasteiger partial charge in [0.05, 0.1) is 18.1 Å². The van der Waals surface area contributed by atoms with E-state index >= 15 is 0 Å². The van der Waals surface area contributed by atoms with E-state index in [0.29, 0.717) is 0 Å². The second-order valence-corrected chi connectivity index (χ2v) is 5.97. The highest BCUT2D eigenvalue weighted by Crippen LogP contribution is 2.34. The zero-order valence-corrected chi connectivity index (χ0v) is 13.3. The first-order valence-electron chi connectivity index (χ1n) is 7.91. The molecule has 1 amide bonds. The van der Waals surface area contributed by atoms with Gasteiger partial charge in [0.25, 0.3) is 0 Å². The van der Waals surface area contributed by atoms with Crippen LogP contribution in [0, 0.1) is 0 Å². The van der Waals surface area contributed by atoms with Crippen molar-refractivity contribution in [2.24, 2.45) is 0 Å². The number of fused-ring (bicyclic) bond motifs is 1. The molecule has 2 fully saturated rings. The van der Waals surface area contributed by atoms with Gasteiger partial charge >= 0.3 is 0 Å². The minimum absolute atomic E-state index is 0.0891. The molecule has 21 heavy (non-hydrogen) atoms. The standard InChI is InChI=1S/C17H26N2O2/c1-4-5-7-13-10-11-15(12(2)20)19-16(13)9-6-8-14(18-3)17(19)21/h4-5,7,14-16,18H,6,8-11H2,1-3H3/b5-4-,13-7+/t14-,15-,16?/m0/s1. The van der Waals surface area contributed by atoms with Crippen molar-refractivity contribution >= 4 is 11.7 Å². The predicted octanol–water partition coefficient (Wildman–Crippen LogP) is 2.21. The van der Waals surface area contributed by atoms with Crippen molar-refractivity contribution in [3.8, 4) is 0 Å². The summed E-state index contributed by atoms with van der Waals surface area (Å²) >= 11 is 0. The van der Waals surface area contributed by atoms with Gasteiger partial charge in [0, 0.05) is 0 Å². The average molecular weight is 290 g/mol. The molecule has 2 heterocycles. The minimum atomic E-state index is -0.251. The number of rotatable bonds is 3. The molecular weight excluding hydrogens is 264 g/mol. The van der Waals surface area contributed by atoms with Crippen LogP contribution in [0.5, 0.6) is 0 Å². The monoisotopic (exact) mass is 290 g/mol. The molecule has 0 aliphatic carbocycles.